The van der Waals surface area contributed by atoms with E-state index >= 15 is 0 Å². The van der Waals surface area contributed by atoms with Crippen LogP contribution in [0.4, 0.5) is 0 Å². The Labute approximate surface area is 152 Å². The number of carbonyl (C=O) groups is 1. The van der Waals surface area contributed by atoms with Crippen LogP contribution < -0.4 is 4.74 Å². The zero-order valence-corrected chi connectivity index (χ0v) is 14.3. The summed E-state index contributed by atoms with van der Waals surface area (Å²) in [6.45, 7) is 0.493. The Morgan fingerprint density at radius 3 is 2.12 bits per heavy atom. The highest BCUT2D eigenvalue weighted by atomic mass is 16.5. The number of ketones is 1. The quantitative estimate of drug-likeness (QED) is 0.440. The van der Waals surface area contributed by atoms with E-state index in [0.717, 1.165) is 11.3 Å². The van der Waals surface area contributed by atoms with Crippen LogP contribution in [0.5, 0.6) is 5.75 Å². The van der Waals surface area contributed by atoms with Gasteiger partial charge in [-0.2, -0.15) is 0 Å². The first-order chi connectivity index (χ1) is 12.8. The Kier molecular flexibility index (Phi) is 4.48. The number of carbonyl (C=O) groups excluding carboxylic acids is 1. The lowest BCUT2D eigenvalue weighted by atomic mass is 10.0. The summed E-state index contributed by atoms with van der Waals surface area (Å²) in [5.74, 6) is 0.772. The van der Waals surface area contributed by atoms with Crippen LogP contribution in [0.3, 0.4) is 0 Å². The third-order valence-electron chi connectivity index (χ3n) is 4.43. The molecule has 0 radical (unpaired) electrons. The summed E-state index contributed by atoms with van der Waals surface area (Å²) in [5.41, 5.74) is 2.50. The molecule has 126 valence electrons. The molecular weight excluding hydrogens is 320 g/mol. The van der Waals surface area contributed by atoms with Crippen LogP contribution in [0, 0.1) is 0 Å². The predicted octanol–water partition coefficient (Wildman–Crippen LogP) is 5.65. The van der Waals surface area contributed by atoms with Crippen molar-refractivity contribution >= 4 is 16.6 Å². The Morgan fingerprint density at radius 1 is 0.654 bits per heavy atom. The molecule has 0 atom stereocenters. The van der Waals surface area contributed by atoms with Gasteiger partial charge in [0.25, 0.3) is 0 Å². The van der Waals surface area contributed by atoms with E-state index in [0.29, 0.717) is 17.7 Å². The van der Waals surface area contributed by atoms with Crippen molar-refractivity contribution in [3.05, 3.63) is 114 Å². The van der Waals surface area contributed by atoms with Gasteiger partial charge in [0.05, 0.1) is 0 Å². The zero-order valence-electron chi connectivity index (χ0n) is 14.3. The molecule has 2 nitrogen and oxygen atoms in total. The molecule has 0 fully saturated rings. The van der Waals surface area contributed by atoms with E-state index in [1.165, 1.54) is 10.8 Å². The Balaban J connectivity index is 1.49. The second-order valence-electron chi connectivity index (χ2n) is 6.15. The van der Waals surface area contributed by atoms with Crippen molar-refractivity contribution < 1.29 is 9.53 Å². The lowest BCUT2D eigenvalue weighted by Crippen LogP contribution is -2.01. The summed E-state index contributed by atoms with van der Waals surface area (Å²) in [4.78, 5) is 12.4. The molecule has 26 heavy (non-hydrogen) atoms. The third-order valence-corrected chi connectivity index (χ3v) is 4.43. The van der Waals surface area contributed by atoms with Crippen molar-refractivity contribution in [2.24, 2.45) is 0 Å². The van der Waals surface area contributed by atoms with Crippen LogP contribution in [0.15, 0.2) is 97.1 Å². The minimum atomic E-state index is 0.0196. The topological polar surface area (TPSA) is 26.3 Å². The van der Waals surface area contributed by atoms with Gasteiger partial charge < -0.3 is 4.74 Å². The lowest BCUT2D eigenvalue weighted by molar-refractivity contribution is 0.103. The largest absolute Gasteiger partial charge is 0.489 e. The summed E-state index contributed by atoms with van der Waals surface area (Å²) in [7, 11) is 0. The summed E-state index contributed by atoms with van der Waals surface area (Å²) in [5, 5.41) is 2.41. The van der Waals surface area contributed by atoms with Crippen LogP contribution in [0.1, 0.15) is 21.5 Å². The summed E-state index contributed by atoms with van der Waals surface area (Å²) in [6, 6.07) is 31.1. The molecule has 0 aromatic heterocycles. The van der Waals surface area contributed by atoms with Crippen molar-refractivity contribution in [2.45, 2.75) is 6.61 Å². The standard InChI is InChI=1S/C24H18O2/c25-24(19-8-2-1-3-9-19)20-13-15-22(16-14-20)26-17-21-11-6-10-18-7-4-5-12-23(18)21/h1-16H,17H2. The smallest absolute Gasteiger partial charge is 0.193 e. The fourth-order valence-electron chi connectivity index (χ4n) is 3.04. The van der Waals surface area contributed by atoms with Gasteiger partial charge in [0.2, 0.25) is 0 Å². The number of hydrogen-bond donors (Lipinski definition) is 0. The number of hydrogen-bond acceptors (Lipinski definition) is 2. The fourth-order valence-corrected chi connectivity index (χ4v) is 3.04. The van der Waals surface area contributed by atoms with Crippen LogP contribution >= 0.6 is 0 Å². The molecule has 2 heteroatoms. The van der Waals surface area contributed by atoms with E-state index in [1.807, 2.05) is 72.8 Å². The summed E-state index contributed by atoms with van der Waals surface area (Å²) in [6.07, 6.45) is 0. The van der Waals surface area contributed by atoms with Gasteiger partial charge in [-0.1, -0.05) is 72.8 Å². The molecule has 0 saturated heterocycles. The van der Waals surface area contributed by atoms with Crippen molar-refractivity contribution in [3.63, 3.8) is 0 Å². The summed E-state index contributed by atoms with van der Waals surface area (Å²) < 4.78 is 5.93. The Hall–Kier alpha value is -3.39. The molecule has 4 aromatic rings. The molecule has 4 rings (SSSR count). The van der Waals surface area contributed by atoms with Gasteiger partial charge in [-0.3, -0.25) is 4.79 Å². The number of fused-ring (bicyclic) bond motifs is 1. The number of rotatable bonds is 5. The molecule has 0 N–H and O–H groups in total. The first-order valence-corrected chi connectivity index (χ1v) is 8.60. The maximum absolute atomic E-state index is 12.4. The monoisotopic (exact) mass is 338 g/mol. The summed E-state index contributed by atoms with van der Waals surface area (Å²) >= 11 is 0. The van der Waals surface area contributed by atoms with E-state index in [-0.39, 0.29) is 5.78 Å². The molecule has 0 unspecified atom stereocenters. The molecule has 0 aliphatic heterocycles. The van der Waals surface area contributed by atoms with E-state index in [9.17, 15) is 4.79 Å². The minimum absolute atomic E-state index is 0.0196. The molecule has 4 aromatic carbocycles. The second-order valence-corrected chi connectivity index (χ2v) is 6.15. The van der Waals surface area contributed by atoms with Gasteiger partial charge in [-0.15, -0.1) is 0 Å². The average Bonchev–Trinajstić information content (AvgIpc) is 2.73. The molecule has 0 aliphatic carbocycles. The van der Waals surface area contributed by atoms with Crippen molar-refractivity contribution in [1.29, 1.82) is 0 Å². The normalized spacial score (nSPS) is 10.6. The van der Waals surface area contributed by atoms with E-state index < -0.39 is 0 Å². The first-order valence-electron chi connectivity index (χ1n) is 8.60. The maximum atomic E-state index is 12.4. The van der Waals surface area contributed by atoms with Crippen LogP contribution in [0.2, 0.25) is 0 Å². The van der Waals surface area contributed by atoms with Crippen molar-refractivity contribution in [3.8, 4) is 5.75 Å². The van der Waals surface area contributed by atoms with E-state index in [2.05, 4.69) is 24.3 Å². The molecule has 0 aliphatic rings. The van der Waals surface area contributed by atoms with Gasteiger partial charge in [0, 0.05) is 11.1 Å². The van der Waals surface area contributed by atoms with Gasteiger partial charge in [0.1, 0.15) is 12.4 Å². The van der Waals surface area contributed by atoms with E-state index in [4.69, 9.17) is 4.74 Å². The predicted molar refractivity (Wildman–Crippen MR) is 105 cm³/mol. The SMILES string of the molecule is O=C(c1ccccc1)c1ccc(OCc2cccc3ccccc23)cc1. The van der Waals surface area contributed by atoms with Crippen LogP contribution in [-0.2, 0) is 6.61 Å². The maximum Gasteiger partial charge on any atom is 0.193 e. The highest BCUT2D eigenvalue weighted by Crippen LogP contribution is 2.21. The number of ether oxygens (including phenoxy) is 1. The van der Waals surface area contributed by atoms with Gasteiger partial charge in [-0.25, -0.2) is 0 Å². The van der Waals surface area contributed by atoms with E-state index in [1.54, 1.807) is 0 Å². The third kappa shape index (κ3) is 3.35. The van der Waals surface area contributed by atoms with Gasteiger partial charge in [0.15, 0.2) is 5.78 Å². The molecule has 0 saturated carbocycles. The Morgan fingerprint density at radius 2 is 1.31 bits per heavy atom. The van der Waals surface area contributed by atoms with Crippen LogP contribution in [0.25, 0.3) is 10.8 Å². The van der Waals surface area contributed by atoms with Gasteiger partial charge in [-0.05, 0) is 40.6 Å². The average molecular weight is 338 g/mol. The highest BCUT2D eigenvalue weighted by molar-refractivity contribution is 6.08. The Bertz CT molecular complexity index is 1030. The molecule has 0 amide bonds. The van der Waals surface area contributed by atoms with Crippen molar-refractivity contribution in [1.82, 2.24) is 0 Å². The lowest BCUT2D eigenvalue weighted by Gasteiger charge is -2.10. The molecule has 0 heterocycles. The fraction of sp³-hybridized carbons (Fsp3) is 0.0417. The second kappa shape index (κ2) is 7.24. The zero-order chi connectivity index (χ0) is 17.8. The number of benzene rings is 4. The van der Waals surface area contributed by atoms with Crippen molar-refractivity contribution in [2.75, 3.05) is 0 Å². The molecule has 0 spiro atoms. The highest BCUT2D eigenvalue weighted by Gasteiger charge is 2.08. The molecule has 0 bridgehead atoms. The van der Waals surface area contributed by atoms with Crippen LogP contribution in [-0.4, -0.2) is 5.78 Å². The van der Waals surface area contributed by atoms with Gasteiger partial charge >= 0.3 is 0 Å². The molecular formula is C24H18O2. The first kappa shape index (κ1) is 16.1. The minimum Gasteiger partial charge on any atom is -0.489 e.